The predicted octanol–water partition coefficient (Wildman–Crippen LogP) is 1.88. The molecule has 0 amide bonds. The Morgan fingerprint density at radius 3 is 2.33 bits per heavy atom. The molecule has 0 saturated heterocycles. The quantitative estimate of drug-likeness (QED) is 0.831. The van der Waals surface area contributed by atoms with Crippen LogP contribution in [0.1, 0.15) is 22.8 Å². The number of nitrogens with zero attached hydrogens (tertiary/aromatic N) is 2. The first-order valence-electron chi connectivity index (χ1n) is 5.73. The van der Waals surface area contributed by atoms with Crippen LogP contribution in [0.4, 0.5) is 0 Å². The summed E-state index contributed by atoms with van der Waals surface area (Å²) in [6.45, 7) is 1.73. The number of rotatable bonds is 4. The van der Waals surface area contributed by atoms with Gasteiger partial charge in [-0.3, -0.25) is 4.79 Å². The zero-order valence-corrected chi connectivity index (χ0v) is 10.1. The first-order valence-corrected chi connectivity index (χ1v) is 5.73. The van der Waals surface area contributed by atoms with Gasteiger partial charge in [-0.1, -0.05) is 24.3 Å². The van der Waals surface area contributed by atoms with E-state index in [9.17, 15) is 9.90 Å². The lowest BCUT2D eigenvalue weighted by Gasteiger charge is -2.04. The third-order valence-corrected chi connectivity index (χ3v) is 2.54. The Labute approximate surface area is 105 Å². The lowest BCUT2D eigenvalue weighted by atomic mass is 10.1. The van der Waals surface area contributed by atoms with Crippen LogP contribution in [0.15, 0.2) is 36.7 Å². The number of carbonyl (C=O) groups is 1. The molecule has 0 aliphatic carbocycles. The lowest BCUT2D eigenvalue weighted by Crippen LogP contribution is -2.05. The van der Waals surface area contributed by atoms with E-state index in [4.69, 9.17) is 0 Å². The number of aldehydes is 1. The second kappa shape index (κ2) is 5.51. The molecule has 1 aromatic heterocycles. The summed E-state index contributed by atoms with van der Waals surface area (Å²) >= 11 is 0. The first-order chi connectivity index (χ1) is 8.69. The van der Waals surface area contributed by atoms with Gasteiger partial charge in [-0.2, -0.15) is 0 Å². The fraction of sp³-hybridized carbons (Fsp3) is 0.214. The Bertz CT molecular complexity index is 518. The molecule has 0 saturated carbocycles. The smallest absolute Gasteiger partial charge is 0.159 e. The molecule has 2 aromatic rings. The van der Waals surface area contributed by atoms with Crippen LogP contribution in [0.25, 0.3) is 11.4 Å². The minimum absolute atomic E-state index is 0.397. The molecule has 0 radical (unpaired) electrons. The Hall–Kier alpha value is -2.07. The van der Waals surface area contributed by atoms with Crippen molar-refractivity contribution in [2.45, 2.75) is 19.4 Å². The van der Waals surface area contributed by atoms with Crippen molar-refractivity contribution in [1.29, 1.82) is 0 Å². The predicted molar refractivity (Wildman–Crippen MR) is 68.2 cm³/mol. The van der Waals surface area contributed by atoms with Crippen LogP contribution in [0, 0.1) is 0 Å². The summed E-state index contributed by atoms with van der Waals surface area (Å²) in [7, 11) is 0. The Morgan fingerprint density at radius 1 is 1.22 bits per heavy atom. The van der Waals surface area contributed by atoms with Crippen molar-refractivity contribution in [3.05, 3.63) is 47.8 Å². The zero-order chi connectivity index (χ0) is 13.0. The first kappa shape index (κ1) is 12.4. The SMILES string of the molecule is CC(O)Cc1cnc(-c2ccc(C=O)cc2)nc1. The third-order valence-electron chi connectivity index (χ3n) is 2.54. The number of hydrogen-bond donors (Lipinski definition) is 1. The topological polar surface area (TPSA) is 63.1 Å². The fourth-order valence-corrected chi connectivity index (χ4v) is 1.66. The van der Waals surface area contributed by atoms with E-state index in [2.05, 4.69) is 9.97 Å². The van der Waals surface area contributed by atoms with Crippen molar-refractivity contribution in [2.24, 2.45) is 0 Å². The fourth-order valence-electron chi connectivity index (χ4n) is 1.66. The molecule has 0 bridgehead atoms. The molecule has 1 heterocycles. The average molecular weight is 242 g/mol. The van der Waals surface area contributed by atoms with E-state index in [-0.39, 0.29) is 0 Å². The van der Waals surface area contributed by atoms with Crippen molar-refractivity contribution < 1.29 is 9.90 Å². The summed E-state index contributed by atoms with van der Waals surface area (Å²) in [4.78, 5) is 19.0. The molecule has 4 nitrogen and oxygen atoms in total. The molecule has 1 N–H and O–H groups in total. The Balaban J connectivity index is 2.20. The van der Waals surface area contributed by atoms with Gasteiger partial charge in [0.15, 0.2) is 5.82 Å². The largest absolute Gasteiger partial charge is 0.393 e. The summed E-state index contributed by atoms with van der Waals surface area (Å²) in [5.74, 6) is 0.613. The van der Waals surface area contributed by atoms with Crippen LogP contribution < -0.4 is 0 Å². The van der Waals surface area contributed by atoms with Crippen molar-refractivity contribution in [3.63, 3.8) is 0 Å². The molecule has 18 heavy (non-hydrogen) atoms. The lowest BCUT2D eigenvalue weighted by molar-refractivity contribution is 0.112. The number of aliphatic hydroxyl groups is 1. The van der Waals surface area contributed by atoms with Crippen molar-refractivity contribution >= 4 is 6.29 Å². The van der Waals surface area contributed by atoms with E-state index in [1.807, 2.05) is 12.1 Å². The highest BCUT2D eigenvalue weighted by atomic mass is 16.3. The summed E-state index contributed by atoms with van der Waals surface area (Å²) in [6.07, 6.45) is 4.37. The standard InChI is InChI=1S/C14H14N2O2/c1-10(18)6-12-7-15-14(16-8-12)13-4-2-11(9-17)3-5-13/h2-5,7-10,18H,6H2,1H3. The maximum atomic E-state index is 10.5. The van der Waals surface area contributed by atoms with E-state index in [1.54, 1.807) is 31.5 Å². The molecule has 92 valence electrons. The number of benzene rings is 1. The number of carbonyl (C=O) groups excluding carboxylic acids is 1. The second-order valence-electron chi connectivity index (χ2n) is 4.21. The monoisotopic (exact) mass is 242 g/mol. The van der Waals surface area contributed by atoms with E-state index < -0.39 is 6.10 Å². The van der Waals surface area contributed by atoms with Crippen LogP contribution in [0.3, 0.4) is 0 Å². The molecule has 1 aromatic carbocycles. The highest BCUT2D eigenvalue weighted by Crippen LogP contribution is 2.15. The van der Waals surface area contributed by atoms with Gasteiger partial charge in [-0.05, 0) is 12.5 Å². The van der Waals surface area contributed by atoms with Crippen LogP contribution in [0.2, 0.25) is 0 Å². The van der Waals surface area contributed by atoms with Crippen LogP contribution in [-0.4, -0.2) is 27.5 Å². The maximum absolute atomic E-state index is 10.5. The van der Waals surface area contributed by atoms with E-state index >= 15 is 0 Å². The Morgan fingerprint density at radius 2 is 1.83 bits per heavy atom. The summed E-state index contributed by atoms with van der Waals surface area (Å²) < 4.78 is 0. The molecule has 0 fully saturated rings. The van der Waals surface area contributed by atoms with Crippen molar-refractivity contribution in [1.82, 2.24) is 9.97 Å². The van der Waals surface area contributed by atoms with E-state index in [0.29, 0.717) is 17.8 Å². The average Bonchev–Trinajstić information content (AvgIpc) is 2.39. The summed E-state index contributed by atoms with van der Waals surface area (Å²) in [5.41, 5.74) is 2.40. The van der Waals surface area contributed by atoms with Gasteiger partial charge in [-0.25, -0.2) is 9.97 Å². The van der Waals surface area contributed by atoms with Crippen LogP contribution in [0.5, 0.6) is 0 Å². The van der Waals surface area contributed by atoms with Gasteiger partial charge in [0.2, 0.25) is 0 Å². The highest BCUT2D eigenvalue weighted by molar-refractivity contribution is 5.76. The van der Waals surface area contributed by atoms with Gasteiger partial charge in [0.1, 0.15) is 6.29 Å². The van der Waals surface area contributed by atoms with Gasteiger partial charge in [0, 0.05) is 29.9 Å². The molecular formula is C14H14N2O2. The van der Waals surface area contributed by atoms with E-state index in [0.717, 1.165) is 17.4 Å². The summed E-state index contributed by atoms with van der Waals surface area (Å²) in [6, 6.07) is 7.09. The van der Waals surface area contributed by atoms with Gasteiger partial charge >= 0.3 is 0 Å². The number of aromatic nitrogens is 2. The zero-order valence-electron chi connectivity index (χ0n) is 10.1. The van der Waals surface area contributed by atoms with Gasteiger partial charge in [-0.15, -0.1) is 0 Å². The van der Waals surface area contributed by atoms with Crippen molar-refractivity contribution in [3.8, 4) is 11.4 Å². The summed E-state index contributed by atoms with van der Waals surface area (Å²) in [5, 5.41) is 9.26. The second-order valence-corrected chi connectivity index (χ2v) is 4.21. The maximum Gasteiger partial charge on any atom is 0.159 e. The molecule has 0 spiro atoms. The molecule has 4 heteroatoms. The molecule has 1 atom stereocenters. The van der Waals surface area contributed by atoms with Crippen molar-refractivity contribution in [2.75, 3.05) is 0 Å². The molecule has 2 rings (SSSR count). The Kier molecular flexibility index (Phi) is 3.79. The molecular weight excluding hydrogens is 228 g/mol. The molecule has 0 aliphatic rings. The van der Waals surface area contributed by atoms with Crippen LogP contribution in [-0.2, 0) is 6.42 Å². The number of hydrogen-bond acceptors (Lipinski definition) is 4. The van der Waals surface area contributed by atoms with Gasteiger partial charge in [0.25, 0.3) is 0 Å². The minimum atomic E-state index is -0.397. The highest BCUT2D eigenvalue weighted by Gasteiger charge is 2.03. The normalized spacial score (nSPS) is 12.1. The number of aliphatic hydroxyl groups excluding tert-OH is 1. The minimum Gasteiger partial charge on any atom is -0.393 e. The molecule has 1 unspecified atom stereocenters. The van der Waals surface area contributed by atoms with E-state index in [1.165, 1.54) is 0 Å². The molecule has 0 aliphatic heterocycles. The van der Waals surface area contributed by atoms with Gasteiger partial charge < -0.3 is 5.11 Å². The third kappa shape index (κ3) is 2.99. The van der Waals surface area contributed by atoms with Gasteiger partial charge in [0.05, 0.1) is 6.10 Å². The van der Waals surface area contributed by atoms with Crippen LogP contribution >= 0.6 is 0 Å².